The van der Waals surface area contributed by atoms with Gasteiger partial charge in [-0.05, 0) is 43.0 Å². The molecular formula is C23H22O. The zero-order chi connectivity index (χ0) is 17.1. The topological polar surface area (TPSA) is 20.2 Å². The highest BCUT2D eigenvalue weighted by Gasteiger charge is 2.16. The molecule has 1 N–H and O–H groups in total. The van der Waals surface area contributed by atoms with Crippen molar-refractivity contribution in [2.24, 2.45) is 0 Å². The van der Waals surface area contributed by atoms with Gasteiger partial charge in [-0.3, -0.25) is 0 Å². The van der Waals surface area contributed by atoms with Crippen molar-refractivity contribution in [1.29, 1.82) is 0 Å². The van der Waals surface area contributed by atoms with Crippen LogP contribution in [0.2, 0.25) is 0 Å². The van der Waals surface area contributed by atoms with E-state index >= 15 is 0 Å². The lowest BCUT2D eigenvalue weighted by atomic mass is 9.90. The van der Waals surface area contributed by atoms with Gasteiger partial charge in [-0.25, -0.2) is 0 Å². The molecular weight excluding hydrogens is 292 g/mol. The first kappa shape index (κ1) is 16.1. The highest BCUT2D eigenvalue weighted by atomic mass is 16.3. The first-order valence-electron chi connectivity index (χ1n) is 8.20. The van der Waals surface area contributed by atoms with Crippen molar-refractivity contribution in [2.75, 3.05) is 0 Å². The van der Waals surface area contributed by atoms with Gasteiger partial charge in [0, 0.05) is 11.1 Å². The molecule has 0 saturated heterocycles. The summed E-state index contributed by atoms with van der Waals surface area (Å²) in [5, 5.41) is 11.2. The van der Waals surface area contributed by atoms with E-state index in [4.69, 9.17) is 0 Å². The first-order chi connectivity index (χ1) is 11.6. The lowest BCUT2D eigenvalue weighted by molar-refractivity contribution is 0.512. The number of aryl methyl sites for hydroxylation is 3. The Morgan fingerprint density at radius 3 is 1.50 bits per heavy atom. The number of hydrogen-bond acceptors (Lipinski definition) is 1. The Hall–Kier alpha value is -2.80. The molecule has 0 aliphatic carbocycles. The maximum absolute atomic E-state index is 11.2. The van der Waals surface area contributed by atoms with Gasteiger partial charge in [0.05, 0.1) is 0 Å². The third-order valence-corrected chi connectivity index (χ3v) is 4.28. The maximum Gasteiger partial charge on any atom is 0.131 e. The summed E-state index contributed by atoms with van der Waals surface area (Å²) in [6, 6.07) is 24.4. The minimum absolute atomic E-state index is 0.336. The molecule has 3 aromatic carbocycles. The molecule has 0 spiro atoms. The molecule has 0 aromatic heterocycles. The number of aliphatic hydroxyl groups is 1. The molecule has 0 atom stereocenters. The average molecular weight is 314 g/mol. The van der Waals surface area contributed by atoms with Gasteiger partial charge in [0.2, 0.25) is 0 Å². The van der Waals surface area contributed by atoms with Crippen LogP contribution in [0.1, 0.15) is 33.4 Å². The van der Waals surface area contributed by atoms with Crippen molar-refractivity contribution < 1.29 is 5.11 Å². The fourth-order valence-electron chi connectivity index (χ4n) is 3.33. The second-order valence-corrected chi connectivity index (χ2v) is 6.23. The predicted octanol–water partition coefficient (Wildman–Crippen LogP) is 6.09. The molecule has 3 aromatic rings. The van der Waals surface area contributed by atoms with Crippen molar-refractivity contribution in [3.05, 3.63) is 106 Å². The summed E-state index contributed by atoms with van der Waals surface area (Å²) in [5.41, 5.74) is 7.21. The summed E-state index contributed by atoms with van der Waals surface area (Å²) < 4.78 is 0. The molecule has 3 rings (SSSR count). The Labute approximate surface area is 143 Å². The minimum Gasteiger partial charge on any atom is -0.507 e. The summed E-state index contributed by atoms with van der Waals surface area (Å²) in [6.07, 6.45) is 0. The standard InChI is InChI=1S/C23H22O/c1-16-14-17(2)21(18(3)15-16)23(24)22(19-10-6-4-7-11-19)20-12-8-5-9-13-20/h4-15,24H,1-3H3. The summed E-state index contributed by atoms with van der Waals surface area (Å²) in [7, 11) is 0. The molecule has 0 aliphatic heterocycles. The third-order valence-electron chi connectivity index (χ3n) is 4.28. The van der Waals surface area contributed by atoms with Crippen molar-refractivity contribution in [1.82, 2.24) is 0 Å². The highest BCUT2D eigenvalue weighted by molar-refractivity contribution is 5.96. The Morgan fingerprint density at radius 1 is 0.667 bits per heavy atom. The summed E-state index contributed by atoms with van der Waals surface area (Å²) in [4.78, 5) is 0. The normalized spacial score (nSPS) is 10.5. The van der Waals surface area contributed by atoms with E-state index in [2.05, 4.69) is 32.9 Å². The van der Waals surface area contributed by atoms with E-state index in [0.717, 1.165) is 33.4 Å². The first-order valence-corrected chi connectivity index (χ1v) is 8.20. The second-order valence-electron chi connectivity index (χ2n) is 6.23. The molecule has 0 bridgehead atoms. The predicted molar refractivity (Wildman–Crippen MR) is 102 cm³/mol. The Balaban J connectivity index is 2.31. The van der Waals surface area contributed by atoms with Gasteiger partial charge in [0.15, 0.2) is 0 Å². The van der Waals surface area contributed by atoms with Crippen LogP contribution in [0.5, 0.6) is 0 Å². The third kappa shape index (κ3) is 3.11. The van der Waals surface area contributed by atoms with E-state index < -0.39 is 0 Å². The van der Waals surface area contributed by atoms with Crippen LogP contribution < -0.4 is 0 Å². The lowest BCUT2D eigenvalue weighted by Gasteiger charge is -2.16. The Bertz CT molecular complexity index is 810. The molecule has 0 amide bonds. The fraction of sp³-hybridized carbons (Fsp3) is 0.130. The van der Waals surface area contributed by atoms with Gasteiger partial charge < -0.3 is 5.11 Å². The van der Waals surface area contributed by atoms with Crippen LogP contribution in [-0.4, -0.2) is 5.11 Å². The number of benzene rings is 3. The van der Waals surface area contributed by atoms with E-state index in [1.54, 1.807) is 0 Å². The summed E-state index contributed by atoms with van der Waals surface area (Å²) in [6.45, 7) is 6.19. The van der Waals surface area contributed by atoms with E-state index in [9.17, 15) is 5.11 Å². The van der Waals surface area contributed by atoms with Crippen molar-refractivity contribution >= 4 is 11.3 Å². The molecule has 120 valence electrons. The van der Waals surface area contributed by atoms with Crippen LogP contribution >= 0.6 is 0 Å². The van der Waals surface area contributed by atoms with Crippen LogP contribution in [0.4, 0.5) is 0 Å². The van der Waals surface area contributed by atoms with Crippen molar-refractivity contribution in [3.8, 4) is 0 Å². The molecule has 1 nitrogen and oxygen atoms in total. The Kier molecular flexibility index (Phi) is 4.52. The summed E-state index contributed by atoms with van der Waals surface area (Å²) in [5.74, 6) is 0.336. The number of aliphatic hydroxyl groups excluding tert-OH is 1. The number of hydrogen-bond donors (Lipinski definition) is 1. The van der Waals surface area contributed by atoms with Gasteiger partial charge >= 0.3 is 0 Å². The van der Waals surface area contributed by atoms with Gasteiger partial charge in [0.25, 0.3) is 0 Å². The monoisotopic (exact) mass is 314 g/mol. The lowest BCUT2D eigenvalue weighted by Crippen LogP contribution is -1.99. The van der Waals surface area contributed by atoms with E-state index in [-0.39, 0.29) is 0 Å². The molecule has 24 heavy (non-hydrogen) atoms. The van der Waals surface area contributed by atoms with Crippen LogP contribution in [0.25, 0.3) is 11.3 Å². The van der Waals surface area contributed by atoms with Crippen molar-refractivity contribution in [2.45, 2.75) is 20.8 Å². The van der Waals surface area contributed by atoms with Crippen LogP contribution in [-0.2, 0) is 0 Å². The maximum atomic E-state index is 11.2. The van der Waals surface area contributed by atoms with E-state index in [1.807, 2.05) is 60.7 Å². The minimum atomic E-state index is 0.336. The molecule has 0 fully saturated rings. The number of rotatable bonds is 3. The molecule has 0 radical (unpaired) electrons. The van der Waals surface area contributed by atoms with Crippen LogP contribution in [0, 0.1) is 20.8 Å². The highest BCUT2D eigenvalue weighted by Crippen LogP contribution is 2.33. The summed E-state index contributed by atoms with van der Waals surface area (Å²) >= 11 is 0. The average Bonchev–Trinajstić information content (AvgIpc) is 2.56. The molecule has 0 aliphatic rings. The molecule has 0 saturated carbocycles. The molecule has 1 heteroatoms. The zero-order valence-corrected chi connectivity index (χ0v) is 14.4. The molecule has 0 heterocycles. The Morgan fingerprint density at radius 2 is 1.08 bits per heavy atom. The second kappa shape index (κ2) is 6.76. The fourth-order valence-corrected chi connectivity index (χ4v) is 3.33. The van der Waals surface area contributed by atoms with Gasteiger partial charge in [-0.1, -0.05) is 78.4 Å². The smallest absolute Gasteiger partial charge is 0.131 e. The zero-order valence-electron chi connectivity index (χ0n) is 14.4. The quantitative estimate of drug-likeness (QED) is 0.458. The molecule has 0 unspecified atom stereocenters. The van der Waals surface area contributed by atoms with Crippen LogP contribution in [0.15, 0.2) is 72.8 Å². The largest absolute Gasteiger partial charge is 0.507 e. The van der Waals surface area contributed by atoms with Crippen LogP contribution in [0.3, 0.4) is 0 Å². The van der Waals surface area contributed by atoms with Gasteiger partial charge in [0.1, 0.15) is 5.76 Å². The van der Waals surface area contributed by atoms with Gasteiger partial charge in [-0.15, -0.1) is 0 Å². The SMILES string of the molecule is Cc1cc(C)c(C(O)=C(c2ccccc2)c2ccccc2)c(C)c1. The van der Waals surface area contributed by atoms with E-state index in [1.165, 1.54) is 5.56 Å². The van der Waals surface area contributed by atoms with E-state index in [0.29, 0.717) is 5.76 Å². The van der Waals surface area contributed by atoms with Crippen molar-refractivity contribution in [3.63, 3.8) is 0 Å². The van der Waals surface area contributed by atoms with Gasteiger partial charge in [-0.2, -0.15) is 0 Å².